The Bertz CT molecular complexity index is 1440. The van der Waals surface area contributed by atoms with E-state index in [1.54, 1.807) is 0 Å². The van der Waals surface area contributed by atoms with Crippen LogP contribution in [0.25, 0.3) is 0 Å². The van der Waals surface area contributed by atoms with E-state index in [0.29, 0.717) is 12.8 Å². The zero-order valence-corrected chi connectivity index (χ0v) is 48.2. The molecular formula is C59H113NO18. The smallest absolute Gasteiger partial charge is 0.220 e. The average Bonchev–Trinajstić information content (AvgIpc) is 3.48. The summed E-state index contributed by atoms with van der Waals surface area (Å²) >= 11 is 0. The third-order valence-corrected chi connectivity index (χ3v) is 16.2. The van der Waals surface area contributed by atoms with Gasteiger partial charge in [-0.25, -0.2) is 0 Å². The molecule has 1 amide bonds. The van der Waals surface area contributed by atoms with Crippen LogP contribution in [0.3, 0.4) is 0 Å². The molecule has 3 aliphatic heterocycles. The van der Waals surface area contributed by atoms with Gasteiger partial charge in [0.15, 0.2) is 18.9 Å². The largest absolute Gasteiger partial charge is 0.394 e. The second kappa shape index (κ2) is 43.4. The molecule has 0 aromatic rings. The van der Waals surface area contributed by atoms with E-state index in [0.717, 1.165) is 38.5 Å². The third-order valence-electron chi connectivity index (χ3n) is 16.2. The summed E-state index contributed by atoms with van der Waals surface area (Å²) in [6.07, 6.45) is 16.3. The quantitative estimate of drug-likeness (QED) is 0.0312. The molecule has 78 heavy (non-hydrogen) atoms. The normalized spacial score (nSPS) is 30.4. The first-order valence-electron chi connectivity index (χ1n) is 31.3. The summed E-state index contributed by atoms with van der Waals surface area (Å²) < 4.78 is 34.1. The van der Waals surface area contributed by atoms with Crippen molar-refractivity contribution in [2.75, 3.05) is 26.4 Å². The highest BCUT2D eigenvalue weighted by Crippen LogP contribution is 2.33. The Morgan fingerprint density at radius 1 is 0.410 bits per heavy atom. The fraction of sp³-hybridized carbons (Fsp3) is 0.983. The Balaban J connectivity index is 1.29. The van der Waals surface area contributed by atoms with Crippen LogP contribution in [0.2, 0.25) is 0 Å². The van der Waals surface area contributed by atoms with Gasteiger partial charge in [0.2, 0.25) is 5.91 Å². The summed E-state index contributed by atoms with van der Waals surface area (Å²) in [7, 11) is 0. The van der Waals surface area contributed by atoms with Crippen molar-refractivity contribution in [3.05, 3.63) is 0 Å². The Hall–Kier alpha value is -1.21. The summed E-state index contributed by atoms with van der Waals surface area (Å²) in [6, 6.07) is -0.877. The lowest BCUT2D eigenvalue weighted by Gasteiger charge is -2.48. The van der Waals surface area contributed by atoms with Gasteiger partial charge in [-0.15, -0.1) is 0 Å². The van der Waals surface area contributed by atoms with Gasteiger partial charge in [-0.05, 0) is 12.8 Å². The first-order valence-corrected chi connectivity index (χ1v) is 31.3. The number of hydrogen-bond acceptors (Lipinski definition) is 18. The molecule has 12 N–H and O–H groups in total. The Morgan fingerprint density at radius 3 is 1.12 bits per heavy atom. The maximum absolute atomic E-state index is 13.0. The lowest BCUT2D eigenvalue weighted by Crippen LogP contribution is -2.66. The second-order valence-electron chi connectivity index (χ2n) is 22.9. The van der Waals surface area contributed by atoms with Gasteiger partial charge in [0, 0.05) is 6.42 Å². The summed E-state index contributed by atoms with van der Waals surface area (Å²) in [6.45, 7) is 1.62. The first kappa shape index (κ1) is 71.1. The van der Waals surface area contributed by atoms with E-state index in [4.69, 9.17) is 28.4 Å². The van der Waals surface area contributed by atoms with Gasteiger partial charge in [-0.1, -0.05) is 219 Å². The molecule has 19 nitrogen and oxygen atoms in total. The van der Waals surface area contributed by atoms with Gasteiger partial charge in [0.25, 0.3) is 0 Å². The highest BCUT2D eigenvalue weighted by atomic mass is 16.8. The van der Waals surface area contributed by atoms with Crippen molar-refractivity contribution in [1.82, 2.24) is 5.32 Å². The molecule has 0 aromatic carbocycles. The van der Waals surface area contributed by atoms with Crippen LogP contribution < -0.4 is 5.32 Å². The van der Waals surface area contributed by atoms with E-state index in [-0.39, 0.29) is 18.9 Å². The van der Waals surface area contributed by atoms with Crippen molar-refractivity contribution >= 4 is 5.91 Å². The zero-order valence-electron chi connectivity index (χ0n) is 48.2. The number of unbranched alkanes of at least 4 members (excludes halogenated alkanes) is 31. The summed E-state index contributed by atoms with van der Waals surface area (Å²) in [5.41, 5.74) is 0. The summed E-state index contributed by atoms with van der Waals surface area (Å²) in [5.74, 6) is -0.265. The van der Waals surface area contributed by atoms with Gasteiger partial charge in [-0.3, -0.25) is 4.79 Å². The number of nitrogens with one attached hydrogen (secondary N) is 1. The van der Waals surface area contributed by atoms with Gasteiger partial charge >= 0.3 is 0 Å². The van der Waals surface area contributed by atoms with Crippen molar-refractivity contribution in [3.63, 3.8) is 0 Å². The molecular weight excluding hydrogens is 1010 g/mol. The van der Waals surface area contributed by atoms with E-state index in [9.17, 15) is 61.0 Å². The van der Waals surface area contributed by atoms with E-state index >= 15 is 0 Å². The molecule has 19 heteroatoms. The predicted molar refractivity (Wildman–Crippen MR) is 296 cm³/mol. The molecule has 3 rings (SSSR count). The van der Waals surface area contributed by atoms with Crippen LogP contribution in [0.4, 0.5) is 0 Å². The second-order valence-corrected chi connectivity index (χ2v) is 22.9. The van der Waals surface area contributed by atoms with Crippen LogP contribution in [0.5, 0.6) is 0 Å². The van der Waals surface area contributed by atoms with Crippen molar-refractivity contribution < 1.29 is 89.4 Å². The number of aliphatic hydroxyl groups is 11. The maximum atomic E-state index is 13.0. The molecule has 17 atom stereocenters. The van der Waals surface area contributed by atoms with E-state index in [1.807, 2.05) is 6.92 Å². The highest BCUT2D eigenvalue weighted by Gasteiger charge is 2.53. The average molecular weight is 1120 g/mol. The SMILES string of the molecule is CCCCCCCCCCCCCCCCCCCCCCCCCCCCCCCCC(O)C(COC1OC(CO)C(OC2OC(CO)C(OC3OC(CO)C(O)C(O)C3O)C(O)C2O)C(O)C1O)NC(=O)CCCCC. The minimum atomic E-state index is -1.97. The number of carbonyl (C=O) groups excluding carboxylic acids is 1. The van der Waals surface area contributed by atoms with E-state index in [2.05, 4.69) is 12.2 Å². The molecule has 3 saturated heterocycles. The van der Waals surface area contributed by atoms with Crippen LogP contribution >= 0.6 is 0 Å². The molecule has 3 aliphatic rings. The molecule has 0 aliphatic carbocycles. The fourth-order valence-corrected chi connectivity index (χ4v) is 11.0. The van der Waals surface area contributed by atoms with Crippen LogP contribution in [0.15, 0.2) is 0 Å². The van der Waals surface area contributed by atoms with Crippen LogP contribution in [0, 0.1) is 0 Å². The van der Waals surface area contributed by atoms with Crippen molar-refractivity contribution in [2.45, 2.75) is 343 Å². The van der Waals surface area contributed by atoms with Gasteiger partial charge in [0.1, 0.15) is 73.2 Å². The standard InChI is InChI=1S/C59H113NO18/c1-3-5-7-8-9-10-11-12-13-14-15-16-17-18-19-20-21-22-23-24-25-26-27-28-29-30-31-32-33-35-36-43(64)42(60-47(65)37-34-6-4-2)41-73-57-53(71)50(68)55(45(39-62)75-57)78-59-54(72)51(69)56(46(40-63)76-59)77-58-52(70)49(67)48(66)44(38-61)74-58/h42-46,48-59,61-64,66-72H,3-41H2,1-2H3,(H,60,65). The molecule has 0 aromatic heterocycles. The number of hydrogen-bond donors (Lipinski definition) is 12. The molecule has 0 radical (unpaired) electrons. The zero-order chi connectivity index (χ0) is 56.9. The molecule has 0 bridgehead atoms. The molecule has 0 saturated carbocycles. The summed E-state index contributed by atoms with van der Waals surface area (Å²) in [5, 5.41) is 120. The third kappa shape index (κ3) is 27.0. The molecule has 3 heterocycles. The van der Waals surface area contributed by atoms with Gasteiger partial charge in [0.05, 0.1) is 38.6 Å². The lowest BCUT2D eigenvalue weighted by molar-refractivity contribution is -0.379. The summed E-state index contributed by atoms with van der Waals surface area (Å²) in [4.78, 5) is 13.0. The lowest BCUT2D eigenvalue weighted by atomic mass is 9.96. The predicted octanol–water partition coefficient (Wildman–Crippen LogP) is 5.99. The van der Waals surface area contributed by atoms with E-state index < -0.39 is 124 Å². The number of ether oxygens (including phenoxy) is 6. The monoisotopic (exact) mass is 1120 g/mol. The molecule has 17 unspecified atom stereocenters. The van der Waals surface area contributed by atoms with Crippen LogP contribution in [-0.2, 0) is 33.2 Å². The fourth-order valence-electron chi connectivity index (χ4n) is 11.0. The number of carbonyl (C=O) groups is 1. The minimum absolute atomic E-state index is 0.255. The highest BCUT2D eigenvalue weighted by molar-refractivity contribution is 5.76. The van der Waals surface area contributed by atoms with Crippen molar-refractivity contribution in [2.24, 2.45) is 0 Å². The Morgan fingerprint density at radius 2 is 0.731 bits per heavy atom. The minimum Gasteiger partial charge on any atom is -0.394 e. The van der Waals surface area contributed by atoms with Gasteiger partial charge < -0.3 is 89.9 Å². The topological polar surface area (TPSA) is 307 Å². The molecule has 3 fully saturated rings. The first-order chi connectivity index (χ1) is 37.8. The van der Waals surface area contributed by atoms with Crippen molar-refractivity contribution in [3.8, 4) is 0 Å². The van der Waals surface area contributed by atoms with Gasteiger partial charge in [-0.2, -0.15) is 0 Å². The number of rotatable bonds is 47. The maximum Gasteiger partial charge on any atom is 0.220 e. The number of amides is 1. The van der Waals surface area contributed by atoms with Crippen LogP contribution in [0.1, 0.15) is 239 Å². The van der Waals surface area contributed by atoms with Crippen LogP contribution in [-0.4, -0.2) is 193 Å². The van der Waals surface area contributed by atoms with E-state index in [1.165, 1.54) is 167 Å². The Kier molecular flexibility index (Phi) is 39.6. The Labute approximate surface area is 468 Å². The van der Waals surface area contributed by atoms with Crippen molar-refractivity contribution in [1.29, 1.82) is 0 Å². The molecule has 462 valence electrons. The number of aliphatic hydroxyl groups excluding tert-OH is 11. The molecule has 0 spiro atoms.